The Hall–Kier alpha value is -2.74. The number of rotatable bonds is 5. The molecule has 4 N–H and O–H groups in total. The lowest BCUT2D eigenvalue weighted by Gasteiger charge is -2.09. The quantitative estimate of drug-likeness (QED) is 0.430. The van der Waals surface area contributed by atoms with Crippen molar-refractivity contribution in [3.8, 4) is 0 Å². The van der Waals surface area contributed by atoms with Crippen LogP contribution in [0.1, 0.15) is 11.1 Å². The Labute approximate surface area is 115 Å². The molecule has 0 bridgehead atoms. The van der Waals surface area contributed by atoms with Gasteiger partial charge in [-0.2, -0.15) is 0 Å². The van der Waals surface area contributed by atoms with E-state index in [0.29, 0.717) is 12.4 Å². The molecule has 8 nitrogen and oxygen atoms in total. The van der Waals surface area contributed by atoms with E-state index in [1.54, 1.807) is 12.4 Å². The Balaban J connectivity index is 2.19. The highest BCUT2D eigenvalue weighted by Crippen LogP contribution is 2.20. The molecule has 0 atom stereocenters. The van der Waals surface area contributed by atoms with Crippen molar-refractivity contribution in [3.63, 3.8) is 0 Å². The van der Waals surface area contributed by atoms with Crippen LogP contribution in [0.4, 0.5) is 17.3 Å². The van der Waals surface area contributed by atoms with Crippen LogP contribution >= 0.6 is 0 Å². The minimum Gasteiger partial charge on any atom is -0.366 e. The van der Waals surface area contributed by atoms with Gasteiger partial charge in [-0.05, 0) is 24.1 Å². The van der Waals surface area contributed by atoms with Crippen LogP contribution in [0.2, 0.25) is 0 Å². The van der Waals surface area contributed by atoms with Crippen LogP contribution in [0.25, 0.3) is 0 Å². The first kappa shape index (κ1) is 13.7. The maximum Gasteiger partial charge on any atom is 0.276 e. The van der Waals surface area contributed by atoms with Crippen molar-refractivity contribution >= 4 is 17.3 Å². The topological polar surface area (TPSA) is 119 Å². The highest BCUT2D eigenvalue weighted by molar-refractivity contribution is 5.54. The zero-order chi connectivity index (χ0) is 14.5. The maximum absolute atomic E-state index is 10.8. The van der Waals surface area contributed by atoms with E-state index in [9.17, 15) is 10.1 Å². The van der Waals surface area contributed by atoms with Gasteiger partial charge in [0.05, 0.1) is 17.1 Å². The van der Waals surface area contributed by atoms with Crippen LogP contribution in [0, 0.1) is 17.0 Å². The molecule has 0 saturated heterocycles. The number of nitrogens with zero attached hydrogens (tertiary/aromatic N) is 3. The van der Waals surface area contributed by atoms with E-state index >= 15 is 0 Å². The summed E-state index contributed by atoms with van der Waals surface area (Å²) in [5.74, 6) is 5.84. The van der Waals surface area contributed by atoms with Crippen LogP contribution < -0.4 is 16.6 Å². The summed E-state index contributed by atoms with van der Waals surface area (Å²) in [7, 11) is 0. The predicted octanol–water partition coefficient (Wildman–Crippen LogP) is 1.59. The maximum atomic E-state index is 10.8. The smallest absolute Gasteiger partial charge is 0.276 e. The van der Waals surface area contributed by atoms with Gasteiger partial charge in [-0.1, -0.05) is 0 Å². The first-order valence-corrected chi connectivity index (χ1v) is 5.86. The summed E-state index contributed by atoms with van der Waals surface area (Å²) in [5, 5.41) is 13.8. The summed E-state index contributed by atoms with van der Waals surface area (Å²) < 4.78 is 0. The Kier molecular flexibility index (Phi) is 4.06. The number of aryl methyl sites for hydroxylation is 1. The van der Waals surface area contributed by atoms with Gasteiger partial charge in [0.2, 0.25) is 0 Å². The Morgan fingerprint density at radius 3 is 2.80 bits per heavy atom. The molecular weight excluding hydrogens is 260 g/mol. The van der Waals surface area contributed by atoms with Gasteiger partial charge in [-0.25, -0.2) is 10.8 Å². The molecule has 0 amide bonds. The Morgan fingerprint density at radius 2 is 2.15 bits per heavy atom. The van der Waals surface area contributed by atoms with Gasteiger partial charge in [0, 0.05) is 18.9 Å². The first-order valence-electron chi connectivity index (χ1n) is 5.86. The van der Waals surface area contributed by atoms with E-state index in [-0.39, 0.29) is 11.5 Å². The average Bonchev–Trinajstić information content (AvgIpc) is 2.46. The number of nitrogen functional groups attached to an aromatic ring is 1. The molecule has 0 spiro atoms. The molecule has 2 rings (SSSR count). The summed E-state index contributed by atoms with van der Waals surface area (Å²) in [6, 6.07) is 4.51. The first-order chi connectivity index (χ1) is 9.60. The van der Waals surface area contributed by atoms with E-state index < -0.39 is 4.92 Å². The summed E-state index contributed by atoms with van der Waals surface area (Å²) in [6.07, 6.45) is 3.45. The van der Waals surface area contributed by atoms with E-state index in [4.69, 9.17) is 5.84 Å². The van der Waals surface area contributed by atoms with Crippen molar-refractivity contribution in [2.24, 2.45) is 5.84 Å². The van der Waals surface area contributed by atoms with E-state index in [0.717, 1.165) is 11.1 Å². The Morgan fingerprint density at radius 1 is 1.40 bits per heavy atom. The molecule has 0 aliphatic heterocycles. The second kappa shape index (κ2) is 5.93. The van der Waals surface area contributed by atoms with Crippen molar-refractivity contribution in [1.82, 2.24) is 9.97 Å². The number of aromatic nitrogens is 2. The minimum absolute atomic E-state index is 0.0849. The fourth-order valence-electron chi connectivity index (χ4n) is 1.65. The second-order valence-electron chi connectivity index (χ2n) is 4.15. The van der Waals surface area contributed by atoms with E-state index in [1.165, 1.54) is 12.1 Å². The average molecular weight is 274 g/mol. The number of nitrogens with one attached hydrogen (secondary N) is 2. The van der Waals surface area contributed by atoms with Crippen molar-refractivity contribution in [3.05, 3.63) is 51.8 Å². The summed E-state index contributed by atoms with van der Waals surface area (Å²) in [5.41, 5.74) is 4.29. The molecule has 8 heteroatoms. The normalized spacial score (nSPS) is 10.1. The predicted molar refractivity (Wildman–Crippen MR) is 75.0 cm³/mol. The van der Waals surface area contributed by atoms with Crippen molar-refractivity contribution in [1.29, 1.82) is 0 Å². The third-order valence-electron chi connectivity index (χ3n) is 2.78. The molecule has 2 aromatic heterocycles. The number of pyridine rings is 2. The molecule has 0 radical (unpaired) electrons. The number of hydrogen-bond donors (Lipinski definition) is 3. The zero-order valence-corrected chi connectivity index (χ0v) is 10.8. The molecule has 0 unspecified atom stereocenters. The van der Waals surface area contributed by atoms with E-state index in [1.807, 2.05) is 13.0 Å². The molecule has 20 heavy (non-hydrogen) atoms. The third-order valence-corrected chi connectivity index (χ3v) is 2.78. The van der Waals surface area contributed by atoms with E-state index in [2.05, 4.69) is 20.7 Å². The summed E-state index contributed by atoms with van der Waals surface area (Å²) in [4.78, 5) is 18.5. The Bertz CT molecular complexity index is 631. The van der Waals surface area contributed by atoms with Crippen LogP contribution in [0.5, 0.6) is 0 Å². The molecule has 0 aliphatic carbocycles. The van der Waals surface area contributed by atoms with Gasteiger partial charge in [0.15, 0.2) is 0 Å². The van der Waals surface area contributed by atoms with Crippen molar-refractivity contribution in [2.45, 2.75) is 13.5 Å². The van der Waals surface area contributed by atoms with Crippen molar-refractivity contribution < 1.29 is 4.92 Å². The number of hydrazine groups is 1. The molecule has 0 saturated carbocycles. The molecule has 0 fully saturated rings. The molecule has 104 valence electrons. The van der Waals surface area contributed by atoms with Gasteiger partial charge in [0.25, 0.3) is 5.69 Å². The molecule has 0 aliphatic rings. The fraction of sp³-hybridized carbons (Fsp3) is 0.167. The van der Waals surface area contributed by atoms with Crippen LogP contribution in [-0.4, -0.2) is 14.9 Å². The summed E-state index contributed by atoms with van der Waals surface area (Å²) >= 11 is 0. The second-order valence-corrected chi connectivity index (χ2v) is 4.15. The number of nitrogens with two attached hydrogens (primary N) is 1. The van der Waals surface area contributed by atoms with Crippen LogP contribution in [-0.2, 0) is 6.54 Å². The number of hydrogen-bond acceptors (Lipinski definition) is 7. The molecule has 2 heterocycles. The van der Waals surface area contributed by atoms with Gasteiger partial charge >= 0.3 is 0 Å². The standard InChI is InChI=1S/C12H14N6O2/c1-8-2-3-14-6-9(8)7-15-11-4-10(18(19)20)5-12(16-11)17-13/h2-6H,7,13H2,1H3,(H2,15,16,17). The number of nitro groups is 1. The van der Waals surface area contributed by atoms with Gasteiger partial charge in [0.1, 0.15) is 11.6 Å². The lowest BCUT2D eigenvalue weighted by atomic mass is 10.1. The fourth-order valence-corrected chi connectivity index (χ4v) is 1.65. The van der Waals surface area contributed by atoms with Crippen molar-refractivity contribution in [2.75, 3.05) is 10.7 Å². The van der Waals surface area contributed by atoms with Gasteiger partial charge in [-0.3, -0.25) is 15.1 Å². The van der Waals surface area contributed by atoms with Crippen LogP contribution in [0.15, 0.2) is 30.6 Å². The number of anilines is 2. The molecule has 0 aromatic carbocycles. The minimum atomic E-state index is -0.497. The van der Waals surface area contributed by atoms with Gasteiger partial charge < -0.3 is 10.7 Å². The molecular formula is C12H14N6O2. The van der Waals surface area contributed by atoms with Gasteiger partial charge in [-0.15, -0.1) is 0 Å². The SMILES string of the molecule is Cc1ccncc1CNc1cc([N+](=O)[O-])cc(NN)n1. The highest BCUT2D eigenvalue weighted by atomic mass is 16.6. The summed E-state index contributed by atoms with van der Waals surface area (Å²) in [6.45, 7) is 2.43. The molecule has 2 aromatic rings. The monoisotopic (exact) mass is 274 g/mol. The lowest BCUT2D eigenvalue weighted by molar-refractivity contribution is -0.384. The highest BCUT2D eigenvalue weighted by Gasteiger charge is 2.10. The largest absolute Gasteiger partial charge is 0.366 e. The van der Waals surface area contributed by atoms with Crippen LogP contribution in [0.3, 0.4) is 0 Å². The lowest BCUT2D eigenvalue weighted by Crippen LogP contribution is -2.11. The zero-order valence-electron chi connectivity index (χ0n) is 10.8. The third kappa shape index (κ3) is 3.18.